The Bertz CT molecular complexity index is 1540. The Morgan fingerprint density at radius 3 is 2.21 bits per heavy atom. The smallest absolute Gasteiger partial charge is 0.273 e. The van der Waals surface area contributed by atoms with Crippen LogP contribution in [0.5, 0.6) is 0 Å². The lowest BCUT2D eigenvalue weighted by Gasteiger charge is -2.12. The second-order valence-electron chi connectivity index (χ2n) is 9.18. The molecule has 7 nitrogen and oxygen atoms in total. The normalized spacial score (nSPS) is 11.9. The van der Waals surface area contributed by atoms with Gasteiger partial charge in [-0.15, -0.1) is 0 Å². The summed E-state index contributed by atoms with van der Waals surface area (Å²) in [5.41, 5.74) is 6.60. The van der Waals surface area contributed by atoms with Gasteiger partial charge in [0.1, 0.15) is 5.82 Å². The highest BCUT2D eigenvalue weighted by Gasteiger charge is 2.23. The molecule has 8 heteroatoms. The van der Waals surface area contributed by atoms with Crippen LogP contribution < -0.4 is 10.9 Å². The van der Waals surface area contributed by atoms with E-state index in [9.17, 15) is 9.59 Å². The van der Waals surface area contributed by atoms with Crippen molar-refractivity contribution < 1.29 is 4.79 Å². The maximum atomic E-state index is 13.2. The lowest BCUT2D eigenvalue weighted by Crippen LogP contribution is -2.25. The number of aromatic amines is 2. The summed E-state index contributed by atoms with van der Waals surface area (Å²) in [6, 6.07) is 27.2. The number of nitrogens with one attached hydrogen (secondary N) is 3. The van der Waals surface area contributed by atoms with Crippen molar-refractivity contribution in [3.8, 4) is 28.2 Å². The summed E-state index contributed by atoms with van der Waals surface area (Å²) >= 11 is 1.38. The molecular weight excluding hydrogens is 494 g/mol. The molecular formula is C30H29N5O2S. The Morgan fingerprint density at radius 2 is 1.58 bits per heavy atom. The molecule has 0 saturated carbocycles. The third-order valence-electron chi connectivity index (χ3n) is 6.26. The van der Waals surface area contributed by atoms with Gasteiger partial charge in [-0.2, -0.15) is 0 Å². The van der Waals surface area contributed by atoms with Gasteiger partial charge in [-0.05, 0) is 32.4 Å². The topological polar surface area (TPSA) is 95.6 Å². The van der Waals surface area contributed by atoms with E-state index in [1.54, 1.807) is 0 Å². The molecule has 1 unspecified atom stereocenters. The zero-order chi connectivity index (χ0) is 26.6. The van der Waals surface area contributed by atoms with Crippen molar-refractivity contribution in [2.75, 3.05) is 5.32 Å². The highest BCUT2D eigenvalue weighted by molar-refractivity contribution is 8.00. The summed E-state index contributed by atoms with van der Waals surface area (Å²) in [7, 11) is 0. The van der Waals surface area contributed by atoms with Crippen LogP contribution in [0, 0.1) is 13.8 Å². The maximum Gasteiger partial charge on any atom is 0.273 e. The lowest BCUT2D eigenvalue weighted by molar-refractivity contribution is -0.115. The minimum Gasteiger partial charge on any atom is -0.332 e. The molecule has 0 aliphatic carbocycles. The SMILES string of the molecule is CCC(Sc1nc(-c2ccc(C)cc2)c(-c2ccc(C)cc2)[nH]1)C(=O)Nc1cc(=O)n(-c2ccccc2)[nH]1. The number of nitrogens with zero attached hydrogens (tertiary/aromatic N) is 2. The molecule has 192 valence electrons. The average molecular weight is 524 g/mol. The molecule has 0 aliphatic heterocycles. The number of carbonyl (C=O) groups is 1. The van der Waals surface area contributed by atoms with Crippen LogP contribution in [0.4, 0.5) is 5.82 Å². The highest BCUT2D eigenvalue weighted by atomic mass is 32.2. The third-order valence-corrected chi connectivity index (χ3v) is 7.51. The van der Waals surface area contributed by atoms with Gasteiger partial charge in [-0.3, -0.25) is 14.7 Å². The van der Waals surface area contributed by atoms with E-state index in [-0.39, 0.29) is 11.5 Å². The molecule has 5 rings (SSSR count). The summed E-state index contributed by atoms with van der Waals surface area (Å²) in [5.74, 6) is 0.146. The fourth-order valence-electron chi connectivity index (χ4n) is 4.16. The van der Waals surface area contributed by atoms with Crippen molar-refractivity contribution in [3.63, 3.8) is 0 Å². The molecule has 2 heterocycles. The Kier molecular flexibility index (Phi) is 7.33. The standard InChI is InChI=1S/C30H29N5O2S/c1-4-24(29(37)31-25-18-26(36)35(34-25)23-8-6-5-7-9-23)38-30-32-27(21-14-10-19(2)11-15-21)28(33-30)22-16-12-20(3)13-17-22/h5-18,24,34H,4H2,1-3H3,(H,31,37)(H,32,33). The molecule has 0 fully saturated rings. The van der Waals surface area contributed by atoms with E-state index in [0.29, 0.717) is 23.1 Å². The van der Waals surface area contributed by atoms with Crippen molar-refractivity contribution in [1.82, 2.24) is 19.7 Å². The number of hydrogen-bond donors (Lipinski definition) is 3. The van der Waals surface area contributed by atoms with Gasteiger partial charge in [0, 0.05) is 17.2 Å². The molecule has 1 atom stereocenters. The van der Waals surface area contributed by atoms with Crippen LogP contribution in [-0.2, 0) is 4.79 Å². The Hall–Kier alpha value is -4.30. The molecule has 3 aromatic carbocycles. The van der Waals surface area contributed by atoms with Gasteiger partial charge >= 0.3 is 0 Å². The van der Waals surface area contributed by atoms with Crippen LogP contribution >= 0.6 is 11.8 Å². The van der Waals surface area contributed by atoms with Crippen molar-refractivity contribution in [2.24, 2.45) is 0 Å². The second kappa shape index (κ2) is 11.0. The van der Waals surface area contributed by atoms with Crippen LogP contribution in [0.25, 0.3) is 28.2 Å². The number of hydrogen-bond acceptors (Lipinski definition) is 4. The van der Waals surface area contributed by atoms with Gasteiger partial charge in [0.25, 0.3) is 5.56 Å². The monoisotopic (exact) mass is 523 g/mol. The fraction of sp³-hybridized carbons (Fsp3) is 0.167. The first-order valence-electron chi connectivity index (χ1n) is 12.5. The van der Waals surface area contributed by atoms with Gasteiger partial charge < -0.3 is 10.3 Å². The zero-order valence-corrected chi connectivity index (χ0v) is 22.3. The van der Waals surface area contributed by atoms with Crippen LogP contribution in [0.2, 0.25) is 0 Å². The predicted molar refractivity (Wildman–Crippen MR) is 154 cm³/mol. The molecule has 2 aromatic heterocycles. The molecule has 38 heavy (non-hydrogen) atoms. The number of anilines is 1. The number of aromatic nitrogens is 4. The van der Waals surface area contributed by atoms with E-state index in [2.05, 4.69) is 77.8 Å². The van der Waals surface area contributed by atoms with Gasteiger partial charge in [0.15, 0.2) is 5.16 Å². The number of H-pyrrole nitrogens is 2. The van der Waals surface area contributed by atoms with Gasteiger partial charge in [-0.25, -0.2) is 9.67 Å². The van der Waals surface area contributed by atoms with Crippen LogP contribution in [0.3, 0.4) is 0 Å². The molecule has 5 aromatic rings. The maximum absolute atomic E-state index is 13.2. The van der Waals surface area contributed by atoms with Crippen molar-refractivity contribution in [1.29, 1.82) is 0 Å². The number of amides is 1. The van der Waals surface area contributed by atoms with Gasteiger partial charge in [-0.1, -0.05) is 96.5 Å². The van der Waals surface area contributed by atoms with Gasteiger partial charge in [0.05, 0.1) is 22.3 Å². The summed E-state index contributed by atoms with van der Waals surface area (Å²) in [4.78, 5) is 34.0. The number of rotatable bonds is 8. The molecule has 0 aliphatic rings. The summed E-state index contributed by atoms with van der Waals surface area (Å²) in [6.07, 6.45) is 0.584. The van der Waals surface area contributed by atoms with E-state index in [1.807, 2.05) is 37.3 Å². The predicted octanol–water partition coefficient (Wildman–Crippen LogP) is 6.35. The third kappa shape index (κ3) is 5.50. The minimum atomic E-state index is -0.415. The highest BCUT2D eigenvalue weighted by Crippen LogP contribution is 2.35. The Balaban J connectivity index is 1.40. The van der Waals surface area contributed by atoms with Crippen LogP contribution in [0.1, 0.15) is 24.5 Å². The van der Waals surface area contributed by atoms with Crippen molar-refractivity contribution >= 4 is 23.5 Å². The first kappa shape index (κ1) is 25.4. The number of carbonyl (C=O) groups excluding carboxylic acids is 1. The van der Waals surface area contributed by atoms with E-state index in [1.165, 1.54) is 33.6 Å². The Labute approximate surface area is 225 Å². The number of benzene rings is 3. The second-order valence-corrected chi connectivity index (χ2v) is 10.4. The molecule has 0 radical (unpaired) electrons. The number of aryl methyl sites for hydroxylation is 2. The van der Waals surface area contributed by atoms with E-state index in [4.69, 9.17) is 4.98 Å². The van der Waals surface area contributed by atoms with Gasteiger partial charge in [0.2, 0.25) is 5.91 Å². The molecule has 1 amide bonds. The van der Waals surface area contributed by atoms with E-state index < -0.39 is 5.25 Å². The molecule has 0 saturated heterocycles. The lowest BCUT2D eigenvalue weighted by atomic mass is 10.0. The van der Waals surface area contributed by atoms with E-state index >= 15 is 0 Å². The molecule has 0 spiro atoms. The zero-order valence-electron chi connectivity index (χ0n) is 21.5. The van der Waals surface area contributed by atoms with Crippen molar-refractivity contribution in [2.45, 2.75) is 37.6 Å². The molecule has 0 bridgehead atoms. The minimum absolute atomic E-state index is 0.205. The number of para-hydroxylation sites is 1. The summed E-state index contributed by atoms with van der Waals surface area (Å²) < 4.78 is 1.40. The molecule has 3 N–H and O–H groups in total. The number of thioether (sulfide) groups is 1. The van der Waals surface area contributed by atoms with Crippen LogP contribution in [0.15, 0.2) is 94.9 Å². The fourth-order valence-corrected chi connectivity index (χ4v) is 5.06. The summed E-state index contributed by atoms with van der Waals surface area (Å²) in [5, 5.41) is 6.09. The number of imidazole rings is 1. The first-order chi connectivity index (χ1) is 18.4. The largest absolute Gasteiger partial charge is 0.332 e. The quantitative estimate of drug-likeness (QED) is 0.207. The summed E-state index contributed by atoms with van der Waals surface area (Å²) in [6.45, 7) is 6.08. The Morgan fingerprint density at radius 1 is 0.947 bits per heavy atom. The van der Waals surface area contributed by atoms with Crippen LogP contribution in [-0.4, -0.2) is 30.9 Å². The van der Waals surface area contributed by atoms with Crippen molar-refractivity contribution in [3.05, 3.63) is 106 Å². The average Bonchev–Trinajstić information content (AvgIpc) is 3.51. The van der Waals surface area contributed by atoms with E-state index in [0.717, 1.165) is 22.5 Å². The first-order valence-corrected chi connectivity index (χ1v) is 13.4.